The summed E-state index contributed by atoms with van der Waals surface area (Å²) in [4.78, 5) is 10.5. The van der Waals surface area contributed by atoms with Crippen LogP contribution in [0.2, 0.25) is 12.6 Å². The highest BCUT2D eigenvalue weighted by molar-refractivity contribution is 7.44. The van der Waals surface area contributed by atoms with Crippen LogP contribution in [0, 0.1) is 0 Å². The van der Waals surface area contributed by atoms with E-state index in [4.69, 9.17) is 26.9 Å². The molecule has 0 aromatic carbocycles. The first-order valence-corrected chi connectivity index (χ1v) is 12.2. The van der Waals surface area contributed by atoms with Crippen LogP contribution >= 0.6 is 22.2 Å². The molecule has 5 heteroatoms. The number of hydrogen-bond acceptors (Lipinski definition) is 2. The molecule has 114 valence electrons. The van der Waals surface area contributed by atoms with Gasteiger partial charge in [-0.3, -0.25) is 4.79 Å². The molecule has 0 saturated heterocycles. The highest BCUT2D eigenvalue weighted by Gasteiger charge is 2.19. The lowest BCUT2D eigenvalue weighted by atomic mass is 10.1. The Hall–Kier alpha value is 0.267. The first-order chi connectivity index (χ1) is 8.92. The summed E-state index contributed by atoms with van der Waals surface area (Å²) in [5.41, 5.74) is 0. The Labute approximate surface area is 128 Å². The molecule has 0 spiro atoms. The standard InChI is InChI=1S/C14H28Cl2O2Si/c1-14(17)18-12-10-8-6-4-3-5-7-9-11-13-19(2,15)16/h3-13H2,1-2H3. The predicted octanol–water partition coefficient (Wildman–Crippen LogP) is 5.61. The maximum atomic E-state index is 10.5. The number of esters is 1. The smallest absolute Gasteiger partial charge is 0.302 e. The van der Waals surface area contributed by atoms with E-state index in [1.165, 1.54) is 51.9 Å². The molecule has 0 aromatic rings. The molecule has 0 aliphatic heterocycles. The van der Waals surface area contributed by atoms with E-state index in [9.17, 15) is 4.79 Å². The second-order valence-electron chi connectivity index (χ2n) is 5.34. The van der Waals surface area contributed by atoms with Crippen LogP contribution in [0.15, 0.2) is 0 Å². The summed E-state index contributed by atoms with van der Waals surface area (Å²) in [7, 11) is 0. The molecule has 0 aliphatic rings. The zero-order chi connectivity index (χ0) is 14.6. The summed E-state index contributed by atoms with van der Waals surface area (Å²) in [6.07, 6.45) is 11.0. The van der Waals surface area contributed by atoms with Gasteiger partial charge in [-0.05, 0) is 19.0 Å². The normalized spacial score (nSPS) is 11.6. The van der Waals surface area contributed by atoms with Crippen LogP contribution in [-0.2, 0) is 9.53 Å². The molecular weight excluding hydrogens is 299 g/mol. The van der Waals surface area contributed by atoms with Gasteiger partial charge in [0.1, 0.15) is 0 Å². The lowest BCUT2D eigenvalue weighted by molar-refractivity contribution is -0.141. The van der Waals surface area contributed by atoms with Crippen LogP contribution in [0.1, 0.15) is 64.7 Å². The average Bonchev–Trinajstić information content (AvgIpc) is 2.28. The first-order valence-electron chi connectivity index (χ1n) is 7.43. The zero-order valence-electron chi connectivity index (χ0n) is 12.4. The third-order valence-electron chi connectivity index (χ3n) is 3.07. The molecule has 0 fully saturated rings. The van der Waals surface area contributed by atoms with Crippen molar-refractivity contribution in [2.45, 2.75) is 77.3 Å². The van der Waals surface area contributed by atoms with Crippen LogP contribution in [0.4, 0.5) is 0 Å². The van der Waals surface area contributed by atoms with Gasteiger partial charge in [0, 0.05) is 6.92 Å². The van der Waals surface area contributed by atoms with Crippen molar-refractivity contribution < 1.29 is 9.53 Å². The van der Waals surface area contributed by atoms with Gasteiger partial charge in [0.05, 0.1) is 6.61 Å². The molecule has 0 bridgehead atoms. The topological polar surface area (TPSA) is 26.3 Å². The molecular formula is C14H28Cl2O2Si. The van der Waals surface area contributed by atoms with Gasteiger partial charge in [-0.25, -0.2) is 0 Å². The van der Waals surface area contributed by atoms with Crippen LogP contribution in [0.3, 0.4) is 0 Å². The monoisotopic (exact) mass is 326 g/mol. The van der Waals surface area contributed by atoms with Crippen LogP contribution in [0.25, 0.3) is 0 Å². The quantitative estimate of drug-likeness (QED) is 0.201. The van der Waals surface area contributed by atoms with E-state index in [2.05, 4.69) is 0 Å². The van der Waals surface area contributed by atoms with E-state index >= 15 is 0 Å². The molecule has 0 rings (SSSR count). The summed E-state index contributed by atoms with van der Waals surface area (Å²) < 4.78 is 4.88. The summed E-state index contributed by atoms with van der Waals surface area (Å²) in [6, 6.07) is 1.02. The minimum atomic E-state index is -1.85. The maximum absolute atomic E-state index is 10.5. The summed E-state index contributed by atoms with van der Waals surface area (Å²) in [6.45, 7) is 2.18. The molecule has 0 aliphatic carbocycles. The summed E-state index contributed by atoms with van der Waals surface area (Å²) in [5.74, 6) is -0.173. The van der Waals surface area contributed by atoms with Crippen molar-refractivity contribution in [1.82, 2.24) is 0 Å². The first kappa shape index (κ1) is 19.3. The molecule has 0 saturated carbocycles. The highest BCUT2D eigenvalue weighted by atomic mass is 35.7. The minimum absolute atomic E-state index is 0.173. The Morgan fingerprint density at radius 3 is 1.74 bits per heavy atom. The summed E-state index contributed by atoms with van der Waals surface area (Å²) in [5, 5.41) is 0. The molecule has 19 heavy (non-hydrogen) atoms. The van der Waals surface area contributed by atoms with Gasteiger partial charge in [-0.15, -0.1) is 22.2 Å². The fourth-order valence-corrected chi connectivity index (χ4v) is 3.66. The molecule has 0 unspecified atom stereocenters. The van der Waals surface area contributed by atoms with Crippen molar-refractivity contribution in [2.24, 2.45) is 0 Å². The minimum Gasteiger partial charge on any atom is -0.466 e. The maximum Gasteiger partial charge on any atom is 0.302 e. The van der Waals surface area contributed by atoms with Gasteiger partial charge >= 0.3 is 5.97 Å². The van der Waals surface area contributed by atoms with Gasteiger partial charge in [0.15, 0.2) is 0 Å². The second kappa shape index (κ2) is 12.0. The van der Waals surface area contributed by atoms with Gasteiger partial charge in [0.25, 0.3) is 0 Å². The van der Waals surface area contributed by atoms with Gasteiger partial charge in [-0.2, -0.15) is 0 Å². The van der Waals surface area contributed by atoms with E-state index in [0.29, 0.717) is 6.61 Å². The van der Waals surface area contributed by atoms with Crippen molar-refractivity contribution >= 4 is 34.8 Å². The predicted molar refractivity (Wildman–Crippen MR) is 86.3 cm³/mol. The third kappa shape index (κ3) is 18.3. The number of rotatable bonds is 12. The lowest BCUT2D eigenvalue weighted by Crippen LogP contribution is -2.11. The number of unbranched alkanes of at least 4 members (excludes halogenated alkanes) is 8. The van der Waals surface area contributed by atoms with Crippen molar-refractivity contribution in [3.8, 4) is 0 Å². The zero-order valence-corrected chi connectivity index (χ0v) is 14.9. The highest BCUT2D eigenvalue weighted by Crippen LogP contribution is 2.23. The number of hydrogen-bond donors (Lipinski definition) is 0. The number of ether oxygens (including phenoxy) is 1. The van der Waals surface area contributed by atoms with Gasteiger partial charge in [0.2, 0.25) is 6.69 Å². The van der Waals surface area contributed by atoms with Crippen molar-refractivity contribution in [3.05, 3.63) is 0 Å². The second-order valence-corrected chi connectivity index (χ2v) is 13.6. The average molecular weight is 327 g/mol. The van der Waals surface area contributed by atoms with Gasteiger partial charge in [-0.1, -0.05) is 51.4 Å². The third-order valence-corrected chi connectivity index (χ3v) is 5.43. The molecule has 0 radical (unpaired) electrons. The summed E-state index contributed by atoms with van der Waals surface area (Å²) >= 11 is 12.1. The Balaban J connectivity index is 3.05. The Morgan fingerprint density at radius 1 is 0.895 bits per heavy atom. The number of carbonyl (C=O) groups excluding carboxylic acids is 1. The molecule has 2 nitrogen and oxygen atoms in total. The molecule has 0 atom stereocenters. The van der Waals surface area contributed by atoms with Crippen molar-refractivity contribution in [1.29, 1.82) is 0 Å². The Morgan fingerprint density at radius 2 is 1.32 bits per heavy atom. The van der Waals surface area contributed by atoms with Crippen molar-refractivity contribution in [2.75, 3.05) is 6.61 Å². The van der Waals surface area contributed by atoms with E-state index < -0.39 is 6.69 Å². The molecule has 0 aromatic heterocycles. The van der Waals surface area contributed by atoms with Crippen LogP contribution < -0.4 is 0 Å². The Bertz CT molecular complexity index is 230. The fraction of sp³-hybridized carbons (Fsp3) is 0.929. The van der Waals surface area contributed by atoms with E-state index in [1.54, 1.807) is 0 Å². The van der Waals surface area contributed by atoms with Gasteiger partial charge < -0.3 is 4.74 Å². The van der Waals surface area contributed by atoms with E-state index in [0.717, 1.165) is 18.9 Å². The molecule has 0 N–H and O–H groups in total. The number of halogens is 2. The SMILES string of the molecule is CC(=O)OCCCCCCCCCCC[Si](C)(Cl)Cl. The fourth-order valence-electron chi connectivity index (χ4n) is 1.99. The lowest BCUT2D eigenvalue weighted by Gasteiger charge is -2.09. The molecule has 0 heterocycles. The number of carbonyl (C=O) groups is 1. The van der Waals surface area contributed by atoms with E-state index in [1.807, 2.05) is 6.55 Å². The van der Waals surface area contributed by atoms with Crippen LogP contribution in [-0.4, -0.2) is 19.3 Å². The van der Waals surface area contributed by atoms with Crippen LogP contribution in [0.5, 0.6) is 0 Å². The molecule has 0 amide bonds. The Kier molecular flexibility index (Phi) is 12.2. The van der Waals surface area contributed by atoms with Crippen molar-refractivity contribution in [3.63, 3.8) is 0 Å². The van der Waals surface area contributed by atoms with E-state index in [-0.39, 0.29) is 5.97 Å². The largest absolute Gasteiger partial charge is 0.466 e.